The van der Waals surface area contributed by atoms with Gasteiger partial charge in [-0.05, 0) is 55.5 Å². The van der Waals surface area contributed by atoms with Crippen LogP contribution in [0, 0.1) is 6.92 Å². The average Bonchev–Trinajstić information content (AvgIpc) is 2.59. The van der Waals surface area contributed by atoms with E-state index in [1.807, 2.05) is 54.6 Å². The zero-order valence-corrected chi connectivity index (χ0v) is 14.2. The Hall–Kier alpha value is -2.85. The molecule has 4 heteroatoms. The van der Waals surface area contributed by atoms with E-state index in [2.05, 4.69) is 47.1 Å². The van der Waals surface area contributed by atoms with E-state index in [1.165, 1.54) is 5.56 Å². The Morgan fingerprint density at radius 1 is 0.667 bits per heavy atom. The summed E-state index contributed by atoms with van der Waals surface area (Å²) in [4.78, 5) is 0. The topological polar surface area (TPSA) is 36.1 Å². The fourth-order valence-corrected chi connectivity index (χ4v) is 2.53. The van der Waals surface area contributed by atoms with Crippen molar-refractivity contribution in [2.75, 3.05) is 16.0 Å². The van der Waals surface area contributed by atoms with Gasteiger partial charge in [0.25, 0.3) is 0 Å². The number of hydrogen-bond acceptors (Lipinski definition) is 2. The SMILES string of the molecule is Cc1ccc(Nc2ccccc2NC(=S)Nc2ccccc2)cc1. The molecule has 0 bridgehead atoms. The van der Waals surface area contributed by atoms with E-state index in [4.69, 9.17) is 12.2 Å². The van der Waals surface area contributed by atoms with Crippen LogP contribution >= 0.6 is 12.2 Å². The van der Waals surface area contributed by atoms with Gasteiger partial charge in [0.2, 0.25) is 0 Å². The number of anilines is 4. The molecule has 0 unspecified atom stereocenters. The van der Waals surface area contributed by atoms with Gasteiger partial charge >= 0.3 is 0 Å². The highest BCUT2D eigenvalue weighted by atomic mass is 32.1. The minimum Gasteiger partial charge on any atom is -0.354 e. The summed E-state index contributed by atoms with van der Waals surface area (Å²) < 4.78 is 0. The van der Waals surface area contributed by atoms with E-state index < -0.39 is 0 Å². The average molecular weight is 333 g/mol. The second kappa shape index (κ2) is 7.62. The number of hydrogen-bond donors (Lipinski definition) is 3. The molecule has 0 atom stereocenters. The van der Waals surface area contributed by atoms with Crippen LogP contribution in [0.15, 0.2) is 78.9 Å². The maximum absolute atomic E-state index is 5.41. The third-order valence-corrected chi connectivity index (χ3v) is 3.74. The van der Waals surface area contributed by atoms with Crippen molar-refractivity contribution in [3.63, 3.8) is 0 Å². The lowest BCUT2D eigenvalue weighted by Gasteiger charge is -2.15. The Morgan fingerprint density at radius 2 is 1.29 bits per heavy atom. The molecular formula is C20H19N3S. The number of rotatable bonds is 4. The smallest absolute Gasteiger partial charge is 0.175 e. The molecule has 120 valence electrons. The summed E-state index contributed by atoms with van der Waals surface area (Å²) in [6.07, 6.45) is 0. The molecule has 0 fully saturated rings. The van der Waals surface area contributed by atoms with Gasteiger partial charge in [0.1, 0.15) is 0 Å². The van der Waals surface area contributed by atoms with Crippen LogP contribution in [0.2, 0.25) is 0 Å². The van der Waals surface area contributed by atoms with Crippen molar-refractivity contribution in [1.82, 2.24) is 0 Å². The highest BCUT2D eigenvalue weighted by Crippen LogP contribution is 2.25. The number of para-hydroxylation sites is 3. The summed E-state index contributed by atoms with van der Waals surface area (Å²) >= 11 is 5.41. The lowest BCUT2D eigenvalue weighted by atomic mass is 10.2. The molecule has 3 nitrogen and oxygen atoms in total. The Morgan fingerprint density at radius 3 is 2.00 bits per heavy atom. The van der Waals surface area contributed by atoms with E-state index in [-0.39, 0.29) is 0 Å². The minimum absolute atomic E-state index is 0.555. The molecule has 0 radical (unpaired) electrons. The molecule has 3 rings (SSSR count). The third-order valence-electron chi connectivity index (χ3n) is 3.54. The van der Waals surface area contributed by atoms with Crippen molar-refractivity contribution in [2.45, 2.75) is 6.92 Å². The number of benzene rings is 3. The molecule has 3 aromatic rings. The molecule has 0 aromatic heterocycles. The number of thiocarbonyl (C=S) groups is 1. The zero-order chi connectivity index (χ0) is 16.8. The van der Waals surface area contributed by atoms with Crippen molar-refractivity contribution in [3.05, 3.63) is 84.4 Å². The van der Waals surface area contributed by atoms with E-state index >= 15 is 0 Å². The second-order valence-corrected chi connectivity index (χ2v) is 5.89. The van der Waals surface area contributed by atoms with Crippen LogP contribution in [0.3, 0.4) is 0 Å². The predicted molar refractivity (Wildman–Crippen MR) is 107 cm³/mol. The maximum Gasteiger partial charge on any atom is 0.175 e. The molecule has 0 aliphatic carbocycles. The van der Waals surface area contributed by atoms with Crippen molar-refractivity contribution in [2.24, 2.45) is 0 Å². The van der Waals surface area contributed by atoms with Gasteiger partial charge in [-0.1, -0.05) is 48.0 Å². The van der Waals surface area contributed by atoms with Crippen molar-refractivity contribution >= 4 is 40.1 Å². The monoisotopic (exact) mass is 333 g/mol. The summed E-state index contributed by atoms with van der Waals surface area (Å²) in [7, 11) is 0. The van der Waals surface area contributed by atoms with Crippen molar-refractivity contribution in [3.8, 4) is 0 Å². The Balaban J connectivity index is 1.71. The van der Waals surface area contributed by atoms with E-state index in [9.17, 15) is 0 Å². The Bertz CT molecular complexity index is 814. The number of nitrogens with one attached hydrogen (secondary N) is 3. The molecule has 0 aliphatic rings. The van der Waals surface area contributed by atoms with Gasteiger partial charge in [0.15, 0.2) is 5.11 Å². The fourth-order valence-electron chi connectivity index (χ4n) is 2.30. The van der Waals surface area contributed by atoms with E-state index in [0.717, 1.165) is 22.7 Å². The van der Waals surface area contributed by atoms with Crippen LogP contribution in [0.5, 0.6) is 0 Å². The normalized spacial score (nSPS) is 10.0. The highest BCUT2D eigenvalue weighted by Gasteiger charge is 2.04. The summed E-state index contributed by atoms with van der Waals surface area (Å²) in [6.45, 7) is 2.08. The fraction of sp³-hybridized carbons (Fsp3) is 0.0500. The first-order valence-electron chi connectivity index (χ1n) is 7.76. The molecular weight excluding hydrogens is 314 g/mol. The largest absolute Gasteiger partial charge is 0.354 e. The van der Waals surface area contributed by atoms with Gasteiger partial charge in [-0.2, -0.15) is 0 Å². The van der Waals surface area contributed by atoms with Gasteiger partial charge in [-0.3, -0.25) is 0 Å². The first-order chi connectivity index (χ1) is 11.7. The van der Waals surface area contributed by atoms with Gasteiger partial charge in [-0.25, -0.2) is 0 Å². The van der Waals surface area contributed by atoms with Crippen LogP contribution in [0.1, 0.15) is 5.56 Å². The molecule has 0 aliphatic heterocycles. The van der Waals surface area contributed by atoms with Crippen LogP contribution in [0.25, 0.3) is 0 Å². The minimum atomic E-state index is 0.555. The van der Waals surface area contributed by atoms with Crippen LogP contribution in [-0.4, -0.2) is 5.11 Å². The molecule has 0 saturated heterocycles. The molecule has 0 amide bonds. The first kappa shape index (κ1) is 16.0. The predicted octanol–water partition coefficient (Wildman–Crippen LogP) is 5.55. The summed E-state index contributed by atoms with van der Waals surface area (Å²) in [5, 5.41) is 10.4. The van der Waals surface area contributed by atoms with Crippen LogP contribution in [0.4, 0.5) is 22.7 Å². The van der Waals surface area contributed by atoms with Crippen LogP contribution < -0.4 is 16.0 Å². The lowest BCUT2D eigenvalue weighted by molar-refractivity contribution is 1.45. The molecule has 24 heavy (non-hydrogen) atoms. The standard InChI is InChI=1S/C20H19N3S/c1-15-11-13-17(14-12-15)21-18-9-5-6-10-19(18)23-20(24)22-16-7-3-2-4-8-16/h2-14,21H,1H3,(H2,22,23,24). The van der Waals surface area contributed by atoms with Gasteiger partial charge in [-0.15, -0.1) is 0 Å². The highest BCUT2D eigenvalue weighted by molar-refractivity contribution is 7.80. The van der Waals surface area contributed by atoms with Crippen LogP contribution in [-0.2, 0) is 0 Å². The Labute approximate surface area is 147 Å². The molecule has 3 N–H and O–H groups in total. The molecule has 0 spiro atoms. The zero-order valence-electron chi connectivity index (χ0n) is 13.4. The summed E-state index contributed by atoms with van der Waals surface area (Å²) in [6, 6.07) is 26.2. The molecule has 3 aromatic carbocycles. The van der Waals surface area contributed by atoms with Crippen molar-refractivity contribution < 1.29 is 0 Å². The molecule has 0 saturated carbocycles. The van der Waals surface area contributed by atoms with E-state index in [0.29, 0.717) is 5.11 Å². The third kappa shape index (κ3) is 4.33. The number of aryl methyl sites for hydroxylation is 1. The van der Waals surface area contributed by atoms with Gasteiger partial charge < -0.3 is 16.0 Å². The molecule has 0 heterocycles. The summed E-state index contributed by atoms with van der Waals surface area (Å²) in [5.41, 5.74) is 5.13. The second-order valence-electron chi connectivity index (χ2n) is 5.48. The quantitative estimate of drug-likeness (QED) is 0.547. The van der Waals surface area contributed by atoms with Gasteiger partial charge in [0, 0.05) is 11.4 Å². The Kier molecular flexibility index (Phi) is 5.08. The van der Waals surface area contributed by atoms with Crippen molar-refractivity contribution in [1.29, 1.82) is 0 Å². The maximum atomic E-state index is 5.41. The summed E-state index contributed by atoms with van der Waals surface area (Å²) in [5.74, 6) is 0. The lowest BCUT2D eigenvalue weighted by Crippen LogP contribution is -2.19. The van der Waals surface area contributed by atoms with Gasteiger partial charge in [0.05, 0.1) is 11.4 Å². The van der Waals surface area contributed by atoms with E-state index in [1.54, 1.807) is 0 Å². The first-order valence-corrected chi connectivity index (χ1v) is 8.17.